The van der Waals surface area contributed by atoms with Crippen LogP contribution >= 0.6 is 22.7 Å². The Morgan fingerprint density at radius 2 is 0.606 bits per heavy atom. The van der Waals surface area contributed by atoms with Gasteiger partial charge >= 0.3 is 0 Å². The van der Waals surface area contributed by atoms with Crippen molar-refractivity contribution < 1.29 is 0 Å². The fourth-order valence-corrected chi connectivity index (χ4v) is 18.5. The van der Waals surface area contributed by atoms with Gasteiger partial charge in [-0.3, -0.25) is 0 Å². The topological polar surface area (TPSA) is 0 Å². The van der Waals surface area contributed by atoms with Crippen LogP contribution in [0.15, 0.2) is 328 Å². The summed E-state index contributed by atoms with van der Waals surface area (Å²) >= 11 is 3.84. The van der Waals surface area contributed by atoms with Crippen LogP contribution in [0.2, 0.25) is 0 Å². The molecule has 20 aromatic rings. The van der Waals surface area contributed by atoms with Crippen LogP contribution in [-0.2, 0) is 0 Å². The van der Waals surface area contributed by atoms with Gasteiger partial charge in [-0.1, -0.05) is 285 Å². The molecule has 0 atom stereocenters. The van der Waals surface area contributed by atoms with Gasteiger partial charge < -0.3 is 0 Å². The summed E-state index contributed by atoms with van der Waals surface area (Å²) in [5.41, 5.74) is 17.4. The Morgan fingerprint density at radius 3 is 1.29 bits per heavy atom. The maximum atomic E-state index is 2.47. The van der Waals surface area contributed by atoms with E-state index in [4.69, 9.17) is 0 Å². The van der Waals surface area contributed by atoms with Crippen molar-refractivity contribution in [3.05, 3.63) is 328 Å². The summed E-state index contributed by atoms with van der Waals surface area (Å²) in [6.07, 6.45) is 0. The van der Waals surface area contributed by atoms with E-state index in [1.807, 2.05) is 22.7 Å². The van der Waals surface area contributed by atoms with E-state index in [1.165, 1.54) is 204 Å². The van der Waals surface area contributed by atoms with E-state index in [0.29, 0.717) is 0 Å². The summed E-state index contributed by atoms with van der Waals surface area (Å²) in [7, 11) is 0. The van der Waals surface area contributed by atoms with Crippen molar-refractivity contribution in [1.82, 2.24) is 0 Å². The average Bonchev–Trinajstić information content (AvgIpc) is 1.27. The van der Waals surface area contributed by atoms with Gasteiger partial charge in [0.2, 0.25) is 0 Å². The molecular weight excluding hydrogens is 1170 g/mol. The molecule has 0 aliphatic carbocycles. The Morgan fingerprint density at radius 1 is 0.160 bits per heavy atom. The fraction of sp³-hybridized carbons (Fsp3) is 0. The summed E-state index contributed by atoms with van der Waals surface area (Å²) in [6.45, 7) is 0. The van der Waals surface area contributed by atoms with Crippen LogP contribution in [0.4, 0.5) is 0 Å². The number of hydrogen-bond acceptors (Lipinski definition) is 2. The van der Waals surface area contributed by atoms with Crippen LogP contribution in [0.1, 0.15) is 0 Å². The van der Waals surface area contributed by atoms with Gasteiger partial charge in [0, 0.05) is 51.5 Å². The van der Waals surface area contributed by atoms with Crippen LogP contribution in [-0.4, -0.2) is 0 Å². The molecule has 0 radical (unpaired) electrons. The molecular formula is C92H54S2. The van der Waals surface area contributed by atoms with Gasteiger partial charge in [0.15, 0.2) is 0 Å². The van der Waals surface area contributed by atoms with Crippen molar-refractivity contribution in [2.45, 2.75) is 0 Å². The third-order valence-corrected chi connectivity index (χ3v) is 22.6. The molecule has 0 spiro atoms. The molecule has 0 unspecified atom stereocenters. The summed E-state index contributed by atoms with van der Waals surface area (Å²) < 4.78 is 5.25. The number of benzene rings is 18. The monoisotopic (exact) mass is 1220 g/mol. The first-order valence-electron chi connectivity index (χ1n) is 32.4. The SMILES string of the molecule is c1cc(-c2cc(-c3ccc4ccc5sc6c(-c7c8ccccc8c(-c8ccc(-c9cccc%10ccccc9%10)cc8)c8ccccc78)cccc6c5c4c3)cc3ccccc23)cc(-c2c3ccccc3c(-c3cc4ccccc4c4c3sc3ccccc34)c3ccccc23)c1. The van der Waals surface area contributed by atoms with Crippen LogP contribution in [0.3, 0.4) is 0 Å². The Bertz CT molecular complexity index is 6480. The maximum absolute atomic E-state index is 2.47. The fourth-order valence-electron chi connectivity index (χ4n) is 16.1. The summed E-state index contributed by atoms with van der Waals surface area (Å²) in [5, 5.41) is 25.4. The van der Waals surface area contributed by atoms with Gasteiger partial charge in [0.05, 0.1) is 0 Å². The Hall–Kier alpha value is -11.5. The number of thiophene rings is 2. The normalized spacial score (nSPS) is 12.0. The highest BCUT2D eigenvalue weighted by atomic mass is 32.1. The van der Waals surface area contributed by atoms with E-state index >= 15 is 0 Å². The van der Waals surface area contributed by atoms with Crippen molar-refractivity contribution in [2.75, 3.05) is 0 Å². The lowest BCUT2D eigenvalue weighted by atomic mass is 9.84. The van der Waals surface area contributed by atoms with Crippen molar-refractivity contribution in [3.63, 3.8) is 0 Å². The molecule has 0 saturated heterocycles. The molecule has 2 heterocycles. The molecule has 20 rings (SSSR count). The molecule has 18 aromatic carbocycles. The molecule has 0 bridgehead atoms. The molecule has 0 fully saturated rings. The predicted octanol–water partition coefficient (Wildman–Crippen LogP) is 27.3. The Kier molecular flexibility index (Phi) is 11.9. The van der Waals surface area contributed by atoms with E-state index in [2.05, 4.69) is 328 Å². The molecule has 0 aliphatic heterocycles. The molecule has 0 amide bonds. The average molecular weight is 1220 g/mol. The van der Waals surface area contributed by atoms with Gasteiger partial charge in [-0.05, 0) is 195 Å². The first kappa shape index (κ1) is 53.2. The number of fused-ring (bicyclic) bond motifs is 16. The molecule has 2 heteroatoms. The molecule has 0 saturated carbocycles. The molecule has 434 valence electrons. The largest absolute Gasteiger partial charge is 0.135 e. The highest BCUT2D eigenvalue weighted by molar-refractivity contribution is 7.27. The lowest BCUT2D eigenvalue weighted by molar-refractivity contribution is 1.62. The van der Waals surface area contributed by atoms with Crippen molar-refractivity contribution in [2.24, 2.45) is 0 Å². The van der Waals surface area contributed by atoms with Crippen LogP contribution in [0.25, 0.3) is 204 Å². The Labute approximate surface area is 550 Å². The van der Waals surface area contributed by atoms with Gasteiger partial charge in [-0.25, -0.2) is 0 Å². The van der Waals surface area contributed by atoms with E-state index in [0.717, 1.165) is 0 Å². The molecule has 94 heavy (non-hydrogen) atoms. The zero-order chi connectivity index (χ0) is 61.5. The quantitative estimate of drug-likeness (QED) is 0.140. The summed E-state index contributed by atoms with van der Waals surface area (Å²) in [6, 6.07) is 123. The van der Waals surface area contributed by atoms with Crippen LogP contribution < -0.4 is 0 Å². The predicted molar refractivity (Wildman–Crippen MR) is 410 cm³/mol. The van der Waals surface area contributed by atoms with Gasteiger partial charge in [0.1, 0.15) is 0 Å². The zero-order valence-corrected chi connectivity index (χ0v) is 52.6. The van der Waals surface area contributed by atoms with Gasteiger partial charge in [-0.15, -0.1) is 22.7 Å². The highest BCUT2D eigenvalue weighted by Crippen LogP contribution is 2.53. The number of hydrogen-bond donors (Lipinski definition) is 0. The minimum absolute atomic E-state index is 1.19. The summed E-state index contributed by atoms with van der Waals surface area (Å²) in [5.74, 6) is 0. The zero-order valence-electron chi connectivity index (χ0n) is 51.0. The van der Waals surface area contributed by atoms with Crippen molar-refractivity contribution in [1.29, 1.82) is 0 Å². The van der Waals surface area contributed by atoms with E-state index in [-0.39, 0.29) is 0 Å². The van der Waals surface area contributed by atoms with E-state index in [9.17, 15) is 0 Å². The smallest absolute Gasteiger partial charge is 0.0440 e. The second kappa shape index (κ2) is 21.0. The molecule has 0 nitrogen and oxygen atoms in total. The third kappa shape index (κ3) is 8.10. The minimum atomic E-state index is 1.19. The van der Waals surface area contributed by atoms with Crippen LogP contribution in [0, 0.1) is 0 Å². The molecule has 0 aliphatic rings. The lowest BCUT2D eigenvalue weighted by Gasteiger charge is -2.19. The minimum Gasteiger partial charge on any atom is -0.135 e. The lowest BCUT2D eigenvalue weighted by Crippen LogP contribution is -1.92. The van der Waals surface area contributed by atoms with E-state index in [1.54, 1.807) is 0 Å². The van der Waals surface area contributed by atoms with Crippen molar-refractivity contribution in [3.8, 4) is 77.9 Å². The Balaban J connectivity index is 0.720. The molecule has 2 aromatic heterocycles. The van der Waals surface area contributed by atoms with Crippen molar-refractivity contribution >= 4 is 149 Å². The first-order chi connectivity index (χ1) is 46.6. The van der Waals surface area contributed by atoms with Gasteiger partial charge in [0.25, 0.3) is 0 Å². The van der Waals surface area contributed by atoms with Crippen LogP contribution in [0.5, 0.6) is 0 Å². The second-order valence-corrected chi connectivity index (χ2v) is 27.3. The maximum Gasteiger partial charge on any atom is 0.0440 e. The highest BCUT2D eigenvalue weighted by Gasteiger charge is 2.24. The summed E-state index contributed by atoms with van der Waals surface area (Å²) in [4.78, 5) is 0. The molecule has 0 N–H and O–H groups in total. The third-order valence-electron chi connectivity index (χ3n) is 20.2. The second-order valence-electron chi connectivity index (χ2n) is 25.2. The number of rotatable bonds is 7. The van der Waals surface area contributed by atoms with E-state index < -0.39 is 0 Å². The van der Waals surface area contributed by atoms with Gasteiger partial charge in [-0.2, -0.15) is 0 Å². The standard InChI is InChI=1S/C92H54S2/c1-4-26-65-55(20-1)23-18-38-66(65)56-42-45-58(46-43-56)85-69-29-7-11-33-73(69)87(74-34-12-8-30-70(74)85)78-39-19-40-79-89-81-52-59(47-44-57(81)48-49-84(89)94-91(78)79)64-51-60-21-2-5-27-67(60)80(54-64)61-24-17-25-63(50-61)86-71-31-9-13-35-75(71)88(76-36-14-10-32-72(76)86)82-53-62-22-3-6-28-68(62)90-77-37-15-16-41-83(77)93-92(82)90/h1-54H. The first-order valence-corrected chi connectivity index (χ1v) is 34.1.